The Labute approximate surface area is 205 Å². The molecule has 1 heterocycles. The number of carbonyl (C=O) groups excluding carboxylic acids is 1. The van der Waals surface area contributed by atoms with Crippen LogP contribution in [0.4, 0.5) is 22.2 Å². The van der Waals surface area contributed by atoms with Gasteiger partial charge in [0.2, 0.25) is 0 Å². The summed E-state index contributed by atoms with van der Waals surface area (Å²) in [4.78, 5) is 28.8. The van der Waals surface area contributed by atoms with Crippen LogP contribution in [-0.4, -0.2) is 29.5 Å². The van der Waals surface area contributed by atoms with Crippen LogP contribution in [0.5, 0.6) is 11.5 Å². The van der Waals surface area contributed by atoms with E-state index in [-0.39, 0.29) is 11.6 Å². The van der Waals surface area contributed by atoms with Gasteiger partial charge in [0, 0.05) is 35.1 Å². The van der Waals surface area contributed by atoms with Crippen LogP contribution in [0.2, 0.25) is 0 Å². The number of hydrogen-bond acceptors (Lipinski definition) is 8. The molecule has 4 rings (SSSR count). The van der Waals surface area contributed by atoms with E-state index in [4.69, 9.17) is 9.47 Å². The van der Waals surface area contributed by atoms with E-state index in [1.54, 1.807) is 43.5 Å². The van der Waals surface area contributed by atoms with Crippen LogP contribution in [0.25, 0.3) is 11.3 Å². The van der Waals surface area contributed by atoms with Crippen molar-refractivity contribution in [2.75, 3.05) is 24.4 Å². The number of ether oxygens (including phenoxy) is 2. The molecule has 178 valence electrons. The summed E-state index contributed by atoms with van der Waals surface area (Å²) in [6.45, 7) is 2.49. The Kier molecular flexibility index (Phi) is 7.22. The minimum absolute atomic E-state index is 0.0425. The highest BCUT2D eigenvalue weighted by molar-refractivity contribution is 7.18. The van der Waals surface area contributed by atoms with Gasteiger partial charge in [0.25, 0.3) is 11.6 Å². The smallest absolute Gasteiger partial charge is 0.269 e. The number of rotatable bonds is 9. The zero-order valence-corrected chi connectivity index (χ0v) is 19.8. The second kappa shape index (κ2) is 10.7. The first-order chi connectivity index (χ1) is 17.0. The van der Waals surface area contributed by atoms with Gasteiger partial charge in [-0.05, 0) is 55.5 Å². The summed E-state index contributed by atoms with van der Waals surface area (Å²) in [5.41, 5.74) is 2.30. The molecule has 0 atom stereocenters. The number of methoxy groups -OCH3 is 1. The summed E-state index contributed by atoms with van der Waals surface area (Å²) in [5.74, 6) is 1.01. The van der Waals surface area contributed by atoms with E-state index in [0.717, 1.165) is 11.4 Å². The van der Waals surface area contributed by atoms with E-state index < -0.39 is 4.92 Å². The lowest BCUT2D eigenvalue weighted by Crippen LogP contribution is -2.11. The van der Waals surface area contributed by atoms with Crippen molar-refractivity contribution in [2.24, 2.45) is 0 Å². The number of nitro benzene ring substituents is 1. The van der Waals surface area contributed by atoms with E-state index in [2.05, 4.69) is 15.6 Å². The summed E-state index contributed by atoms with van der Waals surface area (Å²) >= 11 is 1.18. The largest absolute Gasteiger partial charge is 0.497 e. The normalized spacial score (nSPS) is 10.5. The molecular formula is C25H22N4O5S. The van der Waals surface area contributed by atoms with Gasteiger partial charge in [0.15, 0.2) is 5.13 Å². The Balaban J connectivity index is 1.66. The highest BCUT2D eigenvalue weighted by atomic mass is 32.1. The molecule has 0 bridgehead atoms. The predicted molar refractivity (Wildman–Crippen MR) is 136 cm³/mol. The summed E-state index contributed by atoms with van der Waals surface area (Å²) < 4.78 is 10.7. The molecule has 0 saturated heterocycles. The predicted octanol–water partition coefficient (Wildman–Crippen LogP) is 6.12. The number of benzene rings is 3. The Morgan fingerprint density at radius 2 is 1.77 bits per heavy atom. The summed E-state index contributed by atoms with van der Waals surface area (Å²) in [6, 6.07) is 20.3. The van der Waals surface area contributed by atoms with Crippen LogP contribution in [0, 0.1) is 10.1 Å². The van der Waals surface area contributed by atoms with Crippen LogP contribution in [0.15, 0.2) is 72.8 Å². The monoisotopic (exact) mass is 490 g/mol. The van der Waals surface area contributed by atoms with E-state index in [9.17, 15) is 14.9 Å². The first-order valence-electron chi connectivity index (χ1n) is 10.7. The molecule has 0 aliphatic heterocycles. The third-order valence-electron chi connectivity index (χ3n) is 4.93. The molecule has 0 spiro atoms. The fourth-order valence-electron chi connectivity index (χ4n) is 3.28. The van der Waals surface area contributed by atoms with Gasteiger partial charge in [-0.15, -0.1) is 0 Å². The molecule has 0 aliphatic rings. The van der Waals surface area contributed by atoms with Crippen molar-refractivity contribution in [1.82, 2.24) is 4.98 Å². The van der Waals surface area contributed by atoms with Crippen molar-refractivity contribution in [3.63, 3.8) is 0 Å². The standard InChI is InChI=1S/C25H22N4O5S/c1-3-34-20-13-9-17(10-14-20)27-25-28-22(16-7-11-19(12-8-16)29(31)32)23(35-25)24(30)26-18-5-4-6-21(15-18)33-2/h4-15H,3H2,1-2H3,(H,26,30)(H,27,28). The fraction of sp³-hybridized carbons (Fsp3) is 0.120. The number of anilines is 3. The number of amides is 1. The van der Waals surface area contributed by atoms with Crippen molar-refractivity contribution in [3.05, 3.63) is 87.8 Å². The minimum Gasteiger partial charge on any atom is -0.497 e. The third-order valence-corrected chi connectivity index (χ3v) is 5.90. The van der Waals surface area contributed by atoms with Gasteiger partial charge < -0.3 is 20.1 Å². The number of thiazole rings is 1. The molecule has 10 heteroatoms. The van der Waals surface area contributed by atoms with Gasteiger partial charge in [-0.1, -0.05) is 17.4 Å². The number of nitrogens with zero attached hydrogens (tertiary/aromatic N) is 2. The fourth-order valence-corrected chi connectivity index (χ4v) is 4.18. The first-order valence-corrected chi connectivity index (χ1v) is 11.5. The third kappa shape index (κ3) is 5.74. The lowest BCUT2D eigenvalue weighted by Gasteiger charge is -2.07. The van der Waals surface area contributed by atoms with Crippen LogP contribution < -0.4 is 20.1 Å². The molecule has 0 radical (unpaired) electrons. The molecule has 2 N–H and O–H groups in total. The molecule has 4 aromatic rings. The molecule has 3 aromatic carbocycles. The van der Waals surface area contributed by atoms with Crippen molar-refractivity contribution < 1.29 is 19.2 Å². The second-order valence-corrected chi connectivity index (χ2v) is 8.27. The van der Waals surface area contributed by atoms with Gasteiger partial charge in [-0.25, -0.2) is 4.98 Å². The van der Waals surface area contributed by atoms with E-state index >= 15 is 0 Å². The van der Waals surface area contributed by atoms with E-state index in [1.165, 1.54) is 23.5 Å². The highest BCUT2D eigenvalue weighted by Crippen LogP contribution is 2.34. The zero-order chi connectivity index (χ0) is 24.8. The molecule has 0 fully saturated rings. The molecule has 9 nitrogen and oxygen atoms in total. The van der Waals surface area contributed by atoms with Crippen molar-refractivity contribution in [2.45, 2.75) is 6.92 Å². The minimum atomic E-state index is -0.472. The number of non-ortho nitro benzene ring substituents is 1. The average molecular weight is 491 g/mol. The lowest BCUT2D eigenvalue weighted by molar-refractivity contribution is -0.384. The van der Waals surface area contributed by atoms with Gasteiger partial charge in [-0.3, -0.25) is 14.9 Å². The molecule has 1 aromatic heterocycles. The average Bonchev–Trinajstić information content (AvgIpc) is 3.29. The van der Waals surface area contributed by atoms with E-state index in [1.807, 2.05) is 31.2 Å². The number of hydrogen-bond donors (Lipinski definition) is 2. The number of nitro groups is 1. The second-order valence-electron chi connectivity index (χ2n) is 7.27. The van der Waals surface area contributed by atoms with E-state index in [0.29, 0.717) is 39.3 Å². The molecule has 0 aliphatic carbocycles. The highest BCUT2D eigenvalue weighted by Gasteiger charge is 2.21. The number of nitrogens with one attached hydrogen (secondary N) is 2. The summed E-state index contributed by atoms with van der Waals surface area (Å²) in [6.07, 6.45) is 0. The molecule has 0 saturated carbocycles. The van der Waals surface area contributed by atoms with Crippen LogP contribution >= 0.6 is 11.3 Å². The zero-order valence-electron chi connectivity index (χ0n) is 19.0. The maximum Gasteiger partial charge on any atom is 0.269 e. The van der Waals surface area contributed by atoms with Crippen molar-refractivity contribution in [1.29, 1.82) is 0 Å². The summed E-state index contributed by atoms with van der Waals surface area (Å²) in [7, 11) is 1.55. The van der Waals surface area contributed by atoms with Crippen molar-refractivity contribution in [3.8, 4) is 22.8 Å². The quantitative estimate of drug-likeness (QED) is 0.214. The SMILES string of the molecule is CCOc1ccc(Nc2nc(-c3ccc([N+](=O)[O-])cc3)c(C(=O)Nc3cccc(OC)c3)s2)cc1. The Hall–Kier alpha value is -4.44. The first kappa shape index (κ1) is 23.7. The van der Waals surface area contributed by atoms with Crippen molar-refractivity contribution >= 4 is 39.4 Å². The van der Waals surface area contributed by atoms with Gasteiger partial charge in [0.05, 0.1) is 24.3 Å². The maximum atomic E-state index is 13.2. The Bertz CT molecular complexity index is 1340. The van der Waals surface area contributed by atoms with Crippen LogP contribution in [0.3, 0.4) is 0 Å². The number of carbonyl (C=O) groups is 1. The number of aromatic nitrogens is 1. The molecule has 1 amide bonds. The summed E-state index contributed by atoms with van der Waals surface area (Å²) in [5, 5.41) is 17.6. The van der Waals surface area contributed by atoms with Gasteiger partial charge in [-0.2, -0.15) is 0 Å². The van der Waals surface area contributed by atoms with Gasteiger partial charge >= 0.3 is 0 Å². The van der Waals surface area contributed by atoms with Crippen LogP contribution in [0.1, 0.15) is 16.6 Å². The Morgan fingerprint density at radius 3 is 2.43 bits per heavy atom. The molecule has 0 unspecified atom stereocenters. The Morgan fingerprint density at radius 1 is 1.03 bits per heavy atom. The topological polar surface area (TPSA) is 116 Å². The maximum absolute atomic E-state index is 13.2. The van der Waals surface area contributed by atoms with Gasteiger partial charge in [0.1, 0.15) is 16.4 Å². The van der Waals surface area contributed by atoms with Crippen LogP contribution in [-0.2, 0) is 0 Å². The lowest BCUT2D eigenvalue weighted by atomic mass is 10.1. The molecular weight excluding hydrogens is 468 g/mol. The molecule has 35 heavy (non-hydrogen) atoms.